The van der Waals surface area contributed by atoms with Crippen molar-refractivity contribution < 1.29 is 14.6 Å². The van der Waals surface area contributed by atoms with Crippen LogP contribution in [0.3, 0.4) is 0 Å². The Balaban J connectivity index is 2.01. The van der Waals surface area contributed by atoms with Crippen LogP contribution in [0.1, 0.15) is 0 Å². The van der Waals surface area contributed by atoms with Crippen LogP contribution in [0.15, 0.2) is 48.5 Å². The summed E-state index contributed by atoms with van der Waals surface area (Å²) in [4.78, 5) is 20.5. The molecule has 0 aliphatic heterocycles. The van der Waals surface area contributed by atoms with Crippen molar-refractivity contribution in [3.63, 3.8) is 0 Å². The van der Waals surface area contributed by atoms with Crippen LogP contribution < -0.4 is 11.1 Å². The van der Waals surface area contributed by atoms with Crippen molar-refractivity contribution in [3.8, 4) is 17.1 Å². The molecule has 0 spiro atoms. The second-order valence-electron chi connectivity index (χ2n) is 5.44. The Bertz CT molecular complexity index is 914. The van der Waals surface area contributed by atoms with Crippen LogP contribution in [0.4, 0.5) is 5.82 Å². The Morgan fingerprint density at radius 2 is 1.92 bits per heavy atom. The third-order valence-electron chi connectivity index (χ3n) is 3.74. The lowest BCUT2D eigenvalue weighted by Crippen LogP contribution is -2.38. The van der Waals surface area contributed by atoms with Crippen LogP contribution in [0, 0.1) is 0 Å². The van der Waals surface area contributed by atoms with Crippen molar-refractivity contribution in [3.05, 3.63) is 48.5 Å². The van der Waals surface area contributed by atoms with E-state index in [1.54, 1.807) is 24.3 Å². The van der Waals surface area contributed by atoms with Gasteiger partial charge in [-0.05, 0) is 24.3 Å². The molecule has 0 radical (unpaired) electrons. The molecule has 128 valence electrons. The van der Waals surface area contributed by atoms with Crippen molar-refractivity contribution in [1.29, 1.82) is 0 Å². The molecule has 0 aliphatic rings. The van der Waals surface area contributed by atoms with Crippen LogP contribution in [0.5, 0.6) is 5.75 Å². The first-order valence-corrected chi connectivity index (χ1v) is 7.72. The highest BCUT2D eigenvalue weighted by atomic mass is 16.5. The van der Waals surface area contributed by atoms with Gasteiger partial charge in [-0.2, -0.15) is 0 Å². The molecule has 0 bridgehead atoms. The average molecular weight is 338 g/mol. The van der Waals surface area contributed by atoms with Gasteiger partial charge in [0.2, 0.25) is 0 Å². The van der Waals surface area contributed by atoms with Gasteiger partial charge in [0.15, 0.2) is 5.82 Å². The molecule has 0 amide bonds. The van der Waals surface area contributed by atoms with E-state index < -0.39 is 12.0 Å². The van der Waals surface area contributed by atoms with Gasteiger partial charge in [0.05, 0.1) is 18.2 Å². The van der Waals surface area contributed by atoms with Gasteiger partial charge < -0.3 is 20.9 Å². The summed E-state index contributed by atoms with van der Waals surface area (Å²) in [6.07, 6.45) is 0. The zero-order valence-electron chi connectivity index (χ0n) is 13.6. The van der Waals surface area contributed by atoms with Crippen LogP contribution in [0.2, 0.25) is 0 Å². The lowest BCUT2D eigenvalue weighted by molar-refractivity contribution is -0.141. The summed E-state index contributed by atoms with van der Waals surface area (Å²) in [5, 5.41) is 13.9. The van der Waals surface area contributed by atoms with Gasteiger partial charge in [0.25, 0.3) is 0 Å². The standard InChI is InChI=1S/C18H18N4O3/c1-25-18(24)13(19)10-20-16-11-6-2-4-8-14(11)21-17(22-16)12-7-3-5-9-15(12)23/h2-9,13,23H,10,19H2,1H3,(H,20,21,22). The highest BCUT2D eigenvalue weighted by Gasteiger charge is 2.16. The van der Waals surface area contributed by atoms with Crippen molar-refractivity contribution in [1.82, 2.24) is 9.97 Å². The molecule has 4 N–H and O–H groups in total. The molecule has 1 atom stereocenters. The predicted molar refractivity (Wildman–Crippen MR) is 95.1 cm³/mol. The molecule has 1 heterocycles. The van der Waals surface area contributed by atoms with Crippen molar-refractivity contribution in [2.24, 2.45) is 5.73 Å². The number of nitrogens with two attached hydrogens (primary N) is 1. The molecule has 1 aromatic heterocycles. The number of aromatic hydroxyl groups is 1. The molecule has 3 aromatic rings. The summed E-state index contributed by atoms with van der Waals surface area (Å²) in [7, 11) is 1.29. The SMILES string of the molecule is COC(=O)C(N)CNc1nc(-c2ccccc2O)nc2ccccc12. The minimum Gasteiger partial charge on any atom is -0.507 e. The molecule has 7 heteroatoms. The lowest BCUT2D eigenvalue weighted by Gasteiger charge is -2.14. The van der Waals surface area contributed by atoms with E-state index in [4.69, 9.17) is 5.73 Å². The summed E-state index contributed by atoms with van der Waals surface area (Å²) in [6.45, 7) is 0.161. The first-order valence-electron chi connectivity index (χ1n) is 7.72. The van der Waals surface area contributed by atoms with E-state index in [1.807, 2.05) is 24.3 Å². The summed E-state index contributed by atoms with van der Waals surface area (Å²) in [5.41, 5.74) is 7.01. The fourth-order valence-electron chi connectivity index (χ4n) is 2.44. The number of rotatable bonds is 5. The molecule has 3 rings (SSSR count). The van der Waals surface area contributed by atoms with Gasteiger partial charge in [-0.25, -0.2) is 9.97 Å². The molecule has 25 heavy (non-hydrogen) atoms. The first-order chi connectivity index (χ1) is 12.1. The van der Waals surface area contributed by atoms with Gasteiger partial charge in [-0.3, -0.25) is 4.79 Å². The maximum absolute atomic E-state index is 11.5. The molecule has 0 saturated heterocycles. The highest BCUT2D eigenvalue weighted by Crippen LogP contribution is 2.29. The van der Waals surface area contributed by atoms with Crippen LogP contribution >= 0.6 is 0 Å². The minimum atomic E-state index is -0.813. The zero-order chi connectivity index (χ0) is 17.8. The number of fused-ring (bicyclic) bond motifs is 1. The molecule has 2 aromatic carbocycles. The highest BCUT2D eigenvalue weighted by molar-refractivity contribution is 5.91. The largest absolute Gasteiger partial charge is 0.507 e. The number of carbonyl (C=O) groups is 1. The second-order valence-corrected chi connectivity index (χ2v) is 5.44. The Labute approximate surface area is 144 Å². The van der Waals surface area contributed by atoms with Gasteiger partial charge >= 0.3 is 5.97 Å². The summed E-state index contributed by atoms with van der Waals surface area (Å²) >= 11 is 0. The third kappa shape index (κ3) is 3.51. The number of phenols is 1. The maximum atomic E-state index is 11.5. The Morgan fingerprint density at radius 1 is 1.20 bits per heavy atom. The van der Waals surface area contributed by atoms with Gasteiger partial charge in [0, 0.05) is 11.9 Å². The summed E-state index contributed by atoms with van der Waals surface area (Å²) < 4.78 is 4.63. The number of para-hydroxylation sites is 2. The molecule has 0 fully saturated rings. The molecule has 0 aliphatic carbocycles. The van der Waals surface area contributed by atoms with E-state index >= 15 is 0 Å². The monoisotopic (exact) mass is 338 g/mol. The Hall–Kier alpha value is -3.19. The number of nitrogens with one attached hydrogen (secondary N) is 1. The van der Waals surface area contributed by atoms with Crippen molar-refractivity contribution in [2.45, 2.75) is 6.04 Å². The number of phenolic OH excluding ortho intramolecular Hbond substituents is 1. The van der Waals surface area contributed by atoms with Crippen LogP contribution in [0.25, 0.3) is 22.3 Å². The average Bonchev–Trinajstić information content (AvgIpc) is 2.65. The smallest absolute Gasteiger partial charge is 0.324 e. The van der Waals surface area contributed by atoms with E-state index in [-0.39, 0.29) is 12.3 Å². The van der Waals surface area contributed by atoms with Crippen molar-refractivity contribution >= 4 is 22.7 Å². The van der Waals surface area contributed by atoms with E-state index in [0.717, 1.165) is 5.39 Å². The van der Waals surface area contributed by atoms with E-state index in [9.17, 15) is 9.90 Å². The molecular formula is C18H18N4O3. The number of benzene rings is 2. The minimum absolute atomic E-state index is 0.0926. The fraction of sp³-hybridized carbons (Fsp3) is 0.167. The quantitative estimate of drug-likeness (QED) is 0.609. The number of carbonyl (C=O) groups excluding carboxylic acids is 1. The van der Waals surface area contributed by atoms with Crippen LogP contribution in [-0.2, 0) is 9.53 Å². The first kappa shape index (κ1) is 16.7. The number of anilines is 1. The van der Waals surface area contributed by atoms with E-state index in [0.29, 0.717) is 22.7 Å². The zero-order valence-corrected chi connectivity index (χ0v) is 13.6. The Morgan fingerprint density at radius 3 is 2.68 bits per heavy atom. The van der Waals surface area contributed by atoms with Gasteiger partial charge in [-0.1, -0.05) is 24.3 Å². The van der Waals surface area contributed by atoms with E-state index in [1.165, 1.54) is 7.11 Å². The van der Waals surface area contributed by atoms with Crippen LogP contribution in [-0.4, -0.2) is 40.7 Å². The Kier molecular flexibility index (Phi) is 4.76. The second kappa shape index (κ2) is 7.14. The predicted octanol–water partition coefficient (Wildman–Crippen LogP) is 1.91. The summed E-state index contributed by atoms with van der Waals surface area (Å²) in [6, 6.07) is 13.5. The molecular weight excluding hydrogens is 320 g/mol. The van der Waals surface area contributed by atoms with Gasteiger partial charge in [0.1, 0.15) is 17.6 Å². The van der Waals surface area contributed by atoms with Gasteiger partial charge in [-0.15, -0.1) is 0 Å². The van der Waals surface area contributed by atoms with E-state index in [2.05, 4.69) is 20.0 Å². The molecule has 0 saturated carbocycles. The topological polar surface area (TPSA) is 110 Å². The number of ether oxygens (including phenoxy) is 1. The third-order valence-corrected chi connectivity index (χ3v) is 3.74. The number of aromatic nitrogens is 2. The lowest BCUT2D eigenvalue weighted by atomic mass is 10.1. The summed E-state index contributed by atoms with van der Waals surface area (Å²) in [5.74, 6) is 0.496. The number of hydrogen-bond donors (Lipinski definition) is 3. The number of esters is 1. The van der Waals surface area contributed by atoms with Crippen molar-refractivity contribution in [2.75, 3.05) is 19.0 Å². The number of nitrogens with zero attached hydrogens (tertiary/aromatic N) is 2. The normalized spacial score (nSPS) is 11.9. The maximum Gasteiger partial charge on any atom is 0.324 e. The molecule has 7 nitrogen and oxygen atoms in total. The number of hydrogen-bond acceptors (Lipinski definition) is 7. The number of methoxy groups -OCH3 is 1. The molecule has 1 unspecified atom stereocenters. The fourth-order valence-corrected chi connectivity index (χ4v) is 2.44.